The molecular weight excluding hydrogens is 340 g/mol. The molecule has 142 valence electrons. The second-order valence-electron chi connectivity index (χ2n) is 6.64. The van der Waals surface area contributed by atoms with Crippen molar-refractivity contribution in [3.8, 4) is 0 Å². The topological polar surface area (TPSA) is 115 Å². The third-order valence-corrected chi connectivity index (χ3v) is 4.07. The maximum atomic E-state index is 12.4. The first-order chi connectivity index (χ1) is 13.0. The van der Waals surface area contributed by atoms with E-state index in [1.54, 1.807) is 42.7 Å². The summed E-state index contributed by atoms with van der Waals surface area (Å²) in [6, 6.07) is 8.64. The highest BCUT2D eigenvalue weighted by Gasteiger charge is 2.13. The van der Waals surface area contributed by atoms with Crippen molar-refractivity contribution in [2.75, 3.05) is 11.9 Å². The van der Waals surface area contributed by atoms with E-state index in [2.05, 4.69) is 27.5 Å². The minimum atomic E-state index is -0.317. The van der Waals surface area contributed by atoms with Crippen LogP contribution in [0.4, 0.5) is 5.69 Å². The Morgan fingerprint density at radius 2 is 1.89 bits per heavy atom. The molecule has 0 fully saturated rings. The number of nitrogens with one attached hydrogen (secondary N) is 4. The molecule has 2 heterocycles. The summed E-state index contributed by atoms with van der Waals surface area (Å²) in [5.41, 5.74) is 1.80. The molecule has 0 bridgehead atoms. The smallest absolute Gasteiger partial charge is 0.274 e. The minimum Gasteiger partial charge on any atom is -0.321 e. The monoisotopic (exact) mass is 366 g/mol. The SMILES string of the molecule is C[C@H](CC=N)CN[C@H](C)CC(=N)c1cccc(C(=O)Nc2ccncc2)n1. The predicted molar refractivity (Wildman–Crippen MR) is 108 cm³/mol. The molecule has 0 aliphatic rings. The van der Waals surface area contributed by atoms with Crippen molar-refractivity contribution >= 4 is 23.5 Å². The van der Waals surface area contributed by atoms with E-state index in [0.29, 0.717) is 29.4 Å². The van der Waals surface area contributed by atoms with Gasteiger partial charge < -0.3 is 21.5 Å². The van der Waals surface area contributed by atoms with Gasteiger partial charge in [-0.05, 0) is 56.3 Å². The summed E-state index contributed by atoms with van der Waals surface area (Å²) in [6.45, 7) is 4.90. The van der Waals surface area contributed by atoms with E-state index in [1.165, 1.54) is 6.21 Å². The molecule has 0 aliphatic heterocycles. The average molecular weight is 366 g/mol. The van der Waals surface area contributed by atoms with E-state index < -0.39 is 0 Å². The fourth-order valence-corrected chi connectivity index (χ4v) is 2.53. The fourth-order valence-electron chi connectivity index (χ4n) is 2.53. The van der Waals surface area contributed by atoms with Gasteiger partial charge in [0, 0.05) is 30.5 Å². The zero-order chi connectivity index (χ0) is 19.6. The summed E-state index contributed by atoms with van der Waals surface area (Å²) in [4.78, 5) is 20.6. The van der Waals surface area contributed by atoms with Crippen LogP contribution in [0, 0.1) is 16.7 Å². The lowest BCUT2D eigenvalue weighted by Crippen LogP contribution is -2.32. The predicted octanol–water partition coefficient (Wildman–Crippen LogP) is 3.14. The Kier molecular flexibility index (Phi) is 7.76. The molecule has 0 saturated carbocycles. The molecule has 1 amide bonds. The van der Waals surface area contributed by atoms with Gasteiger partial charge in [0.15, 0.2) is 0 Å². The zero-order valence-corrected chi connectivity index (χ0v) is 15.7. The molecule has 4 N–H and O–H groups in total. The van der Waals surface area contributed by atoms with Crippen LogP contribution < -0.4 is 10.6 Å². The Hall–Kier alpha value is -2.93. The Morgan fingerprint density at radius 1 is 1.19 bits per heavy atom. The first-order valence-electron chi connectivity index (χ1n) is 8.98. The van der Waals surface area contributed by atoms with Gasteiger partial charge in [-0.3, -0.25) is 9.78 Å². The number of hydrogen-bond acceptors (Lipinski definition) is 6. The number of aromatic nitrogens is 2. The van der Waals surface area contributed by atoms with Gasteiger partial charge in [0.05, 0.1) is 11.4 Å². The van der Waals surface area contributed by atoms with Crippen molar-refractivity contribution in [2.24, 2.45) is 5.92 Å². The first-order valence-corrected chi connectivity index (χ1v) is 8.98. The molecule has 0 radical (unpaired) electrons. The van der Waals surface area contributed by atoms with Crippen molar-refractivity contribution in [3.63, 3.8) is 0 Å². The summed E-state index contributed by atoms with van der Waals surface area (Å²) in [5.74, 6) is 0.0694. The highest BCUT2D eigenvalue weighted by molar-refractivity contribution is 6.04. The molecule has 7 nitrogen and oxygen atoms in total. The number of carbonyl (C=O) groups is 1. The molecule has 0 aromatic carbocycles. The van der Waals surface area contributed by atoms with E-state index in [0.717, 1.165) is 13.0 Å². The number of nitrogens with zero attached hydrogens (tertiary/aromatic N) is 2. The van der Waals surface area contributed by atoms with Gasteiger partial charge in [-0.1, -0.05) is 13.0 Å². The van der Waals surface area contributed by atoms with Crippen molar-refractivity contribution in [1.82, 2.24) is 15.3 Å². The molecule has 2 atom stereocenters. The molecular formula is C20H26N6O. The van der Waals surface area contributed by atoms with Gasteiger partial charge >= 0.3 is 0 Å². The van der Waals surface area contributed by atoms with Gasteiger partial charge in [-0.2, -0.15) is 0 Å². The summed E-state index contributed by atoms with van der Waals surface area (Å²) in [5, 5.41) is 21.6. The quantitative estimate of drug-likeness (QED) is 0.484. The standard InChI is InChI=1S/C20H26N6O/c1-14(6-9-21)13-24-15(2)12-17(22)18-4-3-5-19(26-18)20(27)25-16-7-10-23-11-8-16/h3-5,7-11,14-15,21-22,24H,6,12-13H2,1-2H3,(H,23,25,27)/t14-,15-/m1/s1. The minimum absolute atomic E-state index is 0.113. The van der Waals surface area contributed by atoms with E-state index in [9.17, 15) is 4.79 Å². The number of hydrogen-bond donors (Lipinski definition) is 4. The third-order valence-electron chi connectivity index (χ3n) is 4.07. The Labute approximate surface area is 159 Å². The van der Waals surface area contributed by atoms with Crippen LogP contribution in [0.5, 0.6) is 0 Å². The number of pyridine rings is 2. The van der Waals surface area contributed by atoms with Gasteiger partial charge in [-0.25, -0.2) is 4.98 Å². The molecule has 0 unspecified atom stereocenters. The van der Waals surface area contributed by atoms with E-state index in [-0.39, 0.29) is 17.6 Å². The van der Waals surface area contributed by atoms with E-state index in [4.69, 9.17) is 10.8 Å². The molecule has 2 rings (SSSR count). The number of amides is 1. The van der Waals surface area contributed by atoms with E-state index >= 15 is 0 Å². The van der Waals surface area contributed by atoms with Crippen LogP contribution in [0.15, 0.2) is 42.7 Å². The van der Waals surface area contributed by atoms with Crippen molar-refractivity contribution in [3.05, 3.63) is 54.1 Å². The summed E-state index contributed by atoms with van der Waals surface area (Å²) < 4.78 is 0. The number of carbonyl (C=O) groups excluding carboxylic acids is 1. The zero-order valence-electron chi connectivity index (χ0n) is 15.7. The van der Waals surface area contributed by atoms with Crippen LogP contribution in [-0.2, 0) is 0 Å². The Balaban J connectivity index is 1.94. The lowest BCUT2D eigenvalue weighted by Gasteiger charge is -2.17. The molecule has 0 aliphatic carbocycles. The normalized spacial score (nSPS) is 12.8. The first kappa shape index (κ1) is 20.4. The maximum absolute atomic E-state index is 12.4. The lowest BCUT2D eigenvalue weighted by atomic mass is 10.1. The highest BCUT2D eigenvalue weighted by atomic mass is 16.1. The van der Waals surface area contributed by atoms with Gasteiger partial charge in [0.1, 0.15) is 5.69 Å². The third kappa shape index (κ3) is 6.71. The Morgan fingerprint density at radius 3 is 2.59 bits per heavy atom. The second kappa shape index (κ2) is 10.3. The summed E-state index contributed by atoms with van der Waals surface area (Å²) in [7, 11) is 0. The summed E-state index contributed by atoms with van der Waals surface area (Å²) >= 11 is 0. The number of rotatable bonds is 10. The second-order valence-corrected chi connectivity index (χ2v) is 6.64. The molecule has 2 aromatic rings. The van der Waals surface area contributed by atoms with Crippen molar-refractivity contribution in [2.45, 2.75) is 32.7 Å². The highest BCUT2D eigenvalue weighted by Crippen LogP contribution is 2.09. The Bertz CT molecular complexity index is 777. The van der Waals surface area contributed by atoms with Gasteiger partial charge in [0.25, 0.3) is 5.91 Å². The molecule has 2 aromatic heterocycles. The number of anilines is 1. The molecule has 7 heteroatoms. The lowest BCUT2D eigenvalue weighted by molar-refractivity contribution is 0.102. The van der Waals surface area contributed by atoms with Gasteiger partial charge in [0.2, 0.25) is 0 Å². The largest absolute Gasteiger partial charge is 0.321 e. The van der Waals surface area contributed by atoms with E-state index in [1.807, 2.05) is 6.92 Å². The van der Waals surface area contributed by atoms with Crippen LogP contribution in [-0.4, -0.2) is 40.4 Å². The van der Waals surface area contributed by atoms with Crippen LogP contribution in [0.25, 0.3) is 0 Å². The average Bonchev–Trinajstić information content (AvgIpc) is 2.67. The van der Waals surface area contributed by atoms with Crippen LogP contribution >= 0.6 is 0 Å². The van der Waals surface area contributed by atoms with Crippen molar-refractivity contribution in [1.29, 1.82) is 10.8 Å². The van der Waals surface area contributed by atoms with Crippen LogP contribution in [0.3, 0.4) is 0 Å². The van der Waals surface area contributed by atoms with Crippen LogP contribution in [0.2, 0.25) is 0 Å². The molecule has 27 heavy (non-hydrogen) atoms. The van der Waals surface area contributed by atoms with Crippen LogP contribution in [0.1, 0.15) is 42.9 Å². The summed E-state index contributed by atoms with van der Waals surface area (Å²) in [6.07, 6.45) is 5.89. The fraction of sp³-hybridized carbons (Fsp3) is 0.350. The molecule has 0 saturated heterocycles. The molecule has 0 spiro atoms. The van der Waals surface area contributed by atoms with Gasteiger partial charge in [-0.15, -0.1) is 0 Å². The van der Waals surface area contributed by atoms with Crippen molar-refractivity contribution < 1.29 is 4.79 Å². The maximum Gasteiger partial charge on any atom is 0.274 e.